The Morgan fingerprint density at radius 1 is 1.19 bits per heavy atom. The molecule has 2 unspecified atom stereocenters. The average molecular weight is 429 g/mol. The monoisotopic (exact) mass is 428 g/mol. The SMILES string of the molecule is CCOC(=O)N1CC2(CC[C@@H](N3CCN(c4ncccc4C(C)=O)CC3)C(C)C2C)C1. The summed E-state index contributed by atoms with van der Waals surface area (Å²) in [7, 11) is 0. The van der Waals surface area contributed by atoms with E-state index < -0.39 is 0 Å². The van der Waals surface area contributed by atoms with Gasteiger partial charge in [0.05, 0.1) is 12.2 Å². The van der Waals surface area contributed by atoms with Gasteiger partial charge in [0.2, 0.25) is 0 Å². The number of likely N-dealkylation sites (tertiary alicyclic amines) is 1. The number of carbonyl (C=O) groups excluding carboxylic acids is 2. The summed E-state index contributed by atoms with van der Waals surface area (Å²) in [6.45, 7) is 14.2. The Balaban J connectivity index is 1.35. The van der Waals surface area contributed by atoms with Crippen molar-refractivity contribution in [1.29, 1.82) is 0 Å². The Kier molecular flexibility index (Phi) is 6.24. The summed E-state index contributed by atoms with van der Waals surface area (Å²) in [5, 5.41) is 0. The fourth-order valence-corrected chi connectivity index (χ4v) is 6.02. The number of anilines is 1. The molecule has 1 amide bonds. The second kappa shape index (κ2) is 8.77. The quantitative estimate of drug-likeness (QED) is 0.686. The van der Waals surface area contributed by atoms with Gasteiger partial charge in [0.25, 0.3) is 0 Å². The number of hydrogen-bond donors (Lipinski definition) is 0. The first-order valence-corrected chi connectivity index (χ1v) is 11.7. The third kappa shape index (κ3) is 4.04. The molecule has 2 aliphatic heterocycles. The number of carbonyl (C=O) groups is 2. The molecular weight excluding hydrogens is 392 g/mol. The molecule has 1 aromatic heterocycles. The Bertz CT molecular complexity index is 815. The number of nitrogens with zero attached hydrogens (tertiary/aromatic N) is 4. The van der Waals surface area contributed by atoms with Crippen LogP contribution in [0.3, 0.4) is 0 Å². The molecule has 7 nitrogen and oxygen atoms in total. The Hall–Kier alpha value is -2.15. The van der Waals surface area contributed by atoms with Gasteiger partial charge in [-0.3, -0.25) is 9.69 Å². The molecule has 31 heavy (non-hydrogen) atoms. The maximum atomic E-state index is 12.0. The fourth-order valence-electron chi connectivity index (χ4n) is 6.02. The van der Waals surface area contributed by atoms with Crippen LogP contribution in [-0.4, -0.2) is 78.6 Å². The zero-order chi connectivity index (χ0) is 22.2. The highest BCUT2D eigenvalue weighted by molar-refractivity contribution is 5.98. The van der Waals surface area contributed by atoms with E-state index in [1.165, 1.54) is 12.8 Å². The van der Waals surface area contributed by atoms with Crippen LogP contribution in [0.1, 0.15) is 50.9 Å². The van der Waals surface area contributed by atoms with Crippen LogP contribution in [0.5, 0.6) is 0 Å². The Labute approximate surface area is 185 Å². The molecule has 1 spiro atoms. The van der Waals surface area contributed by atoms with Crippen molar-refractivity contribution in [3.8, 4) is 0 Å². The van der Waals surface area contributed by atoms with E-state index in [2.05, 4.69) is 28.6 Å². The summed E-state index contributed by atoms with van der Waals surface area (Å²) in [6.07, 6.45) is 3.97. The average Bonchev–Trinajstić information content (AvgIpc) is 2.74. The lowest BCUT2D eigenvalue weighted by Gasteiger charge is -2.59. The first-order chi connectivity index (χ1) is 14.9. The maximum Gasteiger partial charge on any atom is 0.409 e. The highest BCUT2D eigenvalue weighted by Gasteiger charge is 2.54. The maximum absolute atomic E-state index is 12.0. The van der Waals surface area contributed by atoms with Crippen molar-refractivity contribution in [2.45, 2.75) is 46.6 Å². The van der Waals surface area contributed by atoms with E-state index in [0.29, 0.717) is 30.0 Å². The molecule has 1 saturated carbocycles. The normalized spacial score (nSPS) is 28.3. The Morgan fingerprint density at radius 3 is 2.55 bits per heavy atom. The number of rotatable bonds is 4. The highest BCUT2D eigenvalue weighted by atomic mass is 16.6. The first kappa shape index (κ1) is 22.1. The minimum Gasteiger partial charge on any atom is -0.450 e. The fraction of sp³-hybridized carbons (Fsp3) is 0.708. The molecule has 3 fully saturated rings. The number of amides is 1. The van der Waals surface area contributed by atoms with E-state index in [1.54, 1.807) is 13.1 Å². The smallest absolute Gasteiger partial charge is 0.409 e. The summed E-state index contributed by atoms with van der Waals surface area (Å²) in [5.41, 5.74) is 0.975. The van der Waals surface area contributed by atoms with Gasteiger partial charge < -0.3 is 14.5 Å². The molecule has 1 aliphatic carbocycles. The number of pyridine rings is 1. The predicted molar refractivity (Wildman–Crippen MR) is 120 cm³/mol. The molecule has 0 radical (unpaired) electrons. The van der Waals surface area contributed by atoms with Crippen molar-refractivity contribution >= 4 is 17.7 Å². The number of ketones is 1. The van der Waals surface area contributed by atoms with Crippen molar-refractivity contribution in [2.75, 3.05) is 50.8 Å². The molecule has 3 aliphatic rings. The highest BCUT2D eigenvalue weighted by Crippen LogP contribution is 2.51. The largest absolute Gasteiger partial charge is 0.450 e. The lowest BCUT2D eigenvalue weighted by molar-refractivity contribution is -0.0988. The van der Waals surface area contributed by atoms with E-state index in [4.69, 9.17) is 4.74 Å². The van der Waals surface area contributed by atoms with Gasteiger partial charge in [-0.25, -0.2) is 9.78 Å². The number of Topliss-reactive ketones (excluding diaryl/α,β-unsaturated/α-hetero) is 1. The van der Waals surface area contributed by atoms with Crippen LogP contribution >= 0.6 is 0 Å². The zero-order valence-electron chi connectivity index (χ0n) is 19.3. The van der Waals surface area contributed by atoms with Gasteiger partial charge in [0, 0.05) is 56.9 Å². The van der Waals surface area contributed by atoms with Crippen molar-refractivity contribution in [2.24, 2.45) is 17.3 Å². The molecule has 3 heterocycles. The van der Waals surface area contributed by atoms with E-state index >= 15 is 0 Å². The predicted octanol–water partition coefficient (Wildman–Crippen LogP) is 3.30. The van der Waals surface area contributed by atoms with Crippen LogP contribution in [0.15, 0.2) is 18.3 Å². The van der Waals surface area contributed by atoms with Gasteiger partial charge in [-0.2, -0.15) is 0 Å². The van der Waals surface area contributed by atoms with Gasteiger partial charge in [0.15, 0.2) is 5.78 Å². The van der Waals surface area contributed by atoms with E-state index in [1.807, 2.05) is 24.0 Å². The van der Waals surface area contributed by atoms with Gasteiger partial charge in [0.1, 0.15) is 5.82 Å². The zero-order valence-corrected chi connectivity index (χ0v) is 19.3. The summed E-state index contributed by atoms with van der Waals surface area (Å²) < 4.78 is 5.18. The van der Waals surface area contributed by atoms with Crippen molar-refractivity contribution in [1.82, 2.24) is 14.8 Å². The summed E-state index contributed by atoms with van der Waals surface area (Å²) in [4.78, 5) is 35.3. The van der Waals surface area contributed by atoms with Crippen LogP contribution in [-0.2, 0) is 4.74 Å². The summed E-state index contributed by atoms with van der Waals surface area (Å²) in [5.74, 6) is 2.07. The van der Waals surface area contributed by atoms with Crippen LogP contribution < -0.4 is 4.90 Å². The molecule has 2 saturated heterocycles. The second-order valence-electron chi connectivity index (χ2n) is 9.62. The first-order valence-electron chi connectivity index (χ1n) is 11.7. The van der Waals surface area contributed by atoms with E-state index in [9.17, 15) is 9.59 Å². The van der Waals surface area contributed by atoms with Crippen LogP contribution in [0.25, 0.3) is 0 Å². The van der Waals surface area contributed by atoms with Crippen LogP contribution in [0.4, 0.5) is 10.6 Å². The third-order valence-electron chi connectivity index (χ3n) is 8.09. The molecule has 0 aromatic carbocycles. The molecule has 0 bridgehead atoms. The molecule has 3 atom stereocenters. The molecule has 0 N–H and O–H groups in total. The number of hydrogen-bond acceptors (Lipinski definition) is 6. The van der Waals surface area contributed by atoms with E-state index in [-0.39, 0.29) is 17.3 Å². The van der Waals surface area contributed by atoms with Crippen LogP contribution in [0, 0.1) is 17.3 Å². The Morgan fingerprint density at radius 2 is 1.90 bits per heavy atom. The summed E-state index contributed by atoms with van der Waals surface area (Å²) in [6, 6.07) is 4.29. The third-order valence-corrected chi connectivity index (χ3v) is 8.09. The van der Waals surface area contributed by atoms with Crippen LogP contribution in [0.2, 0.25) is 0 Å². The topological polar surface area (TPSA) is 66.0 Å². The van der Waals surface area contributed by atoms with Gasteiger partial charge in [-0.15, -0.1) is 0 Å². The van der Waals surface area contributed by atoms with Gasteiger partial charge in [-0.1, -0.05) is 13.8 Å². The molecular formula is C24H36N4O3. The van der Waals surface area contributed by atoms with Gasteiger partial charge in [-0.05, 0) is 50.7 Å². The standard InChI is InChI=1S/C24H36N4O3/c1-5-31-23(30)28-15-24(16-28)9-8-21(17(2)18(24)3)26-11-13-27(14-12-26)22-20(19(4)29)7-6-10-25-22/h6-7,10,17-18,21H,5,8-9,11-16H2,1-4H3/t17?,18?,21-/m1/s1. The minimum atomic E-state index is -0.161. The van der Waals surface area contributed by atoms with Crippen molar-refractivity contribution < 1.29 is 14.3 Å². The van der Waals surface area contributed by atoms with Gasteiger partial charge >= 0.3 is 6.09 Å². The number of aromatic nitrogens is 1. The molecule has 4 rings (SSSR count). The summed E-state index contributed by atoms with van der Waals surface area (Å²) >= 11 is 0. The lowest BCUT2D eigenvalue weighted by Crippen LogP contribution is -2.66. The van der Waals surface area contributed by atoms with Crippen molar-refractivity contribution in [3.63, 3.8) is 0 Å². The second-order valence-corrected chi connectivity index (χ2v) is 9.62. The van der Waals surface area contributed by atoms with Crippen molar-refractivity contribution in [3.05, 3.63) is 23.9 Å². The minimum absolute atomic E-state index is 0.0721. The molecule has 1 aromatic rings. The number of piperazine rings is 1. The molecule has 7 heteroatoms. The lowest BCUT2D eigenvalue weighted by atomic mass is 9.57. The molecule has 170 valence electrons. The van der Waals surface area contributed by atoms with E-state index in [0.717, 1.165) is 45.1 Å². The number of ether oxygens (including phenoxy) is 1.